The van der Waals surface area contributed by atoms with Crippen LogP contribution in [0.1, 0.15) is 29.6 Å². The fourth-order valence-corrected chi connectivity index (χ4v) is 2.31. The number of halogens is 1. The molecule has 1 aliphatic heterocycles. The van der Waals surface area contributed by atoms with Crippen LogP contribution in [-0.2, 0) is 4.79 Å². The first-order chi connectivity index (χ1) is 9.15. The van der Waals surface area contributed by atoms with Crippen LogP contribution in [0.5, 0.6) is 0 Å². The number of piperidine rings is 1. The van der Waals surface area contributed by atoms with E-state index in [9.17, 15) is 14.0 Å². The van der Waals surface area contributed by atoms with E-state index in [0.717, 1.165) is 12.8 Å². The molecule has 1 fully saturated rings. The Morgan fingerprint density at radius 3 is 2.95 bits per heavy atom. The van der Waals surface area contributed by atoms with E-state index in [1.165, 1.54) is 30.3 Å². The number of hydrogen-bond donors (Lipinski definition) is 1. The van der Waals surface area contributed by atoms with Gasteiger partial charge in [-0.1, -0.05) is 0 Å². The van der Waals surface area contributed by atoms with Crippen molar-refractivity contribution >= 4 is 11.8 Å². The van der Waals surface area contributed by atoms with Crippen LogP contribution in [0.2, 0.25) is 0 Å². The fraction of sp³-hybridized carbons (Fsp3) is 0.462. The number of hydrogen-bond acceptors (Lipinski definition) is 3. The smallest absolute Gasteiger partial charge is 0.259 e. The van der Waals surface area contributed by atoms with Crippen molar-refractivity contribution in [1.82, 2.24) is 15.2 Å². The Morgan fingerprint density at radius 1 is 1.47 bits per heavy atom. The number of likely N-dealkylation sites (tertiary alicyclic amines) is 1. The molecular weight excluding hydrogens is 249 g/mol. The molecular formula is C13H16FN3O2. The molecule has 102 valence electrons. The highest BCUT2D eigenvalue weighted by Crippen LogP contribution is 2.20. The summed E-state index contributed by atoms with van der Waals surface area (Å²) in [4.78, 5) is 29.0. The minimum absolute atomic E-state index is 0.0849. The normalized spacial score (nSPS) is 19.1. The second kappa shape index (κ2) is 5.77. The van der Waals surface area contributed by atoms with Gasteiger partial charge >= 0.3 is 0 Å². The molecule has 6 heteroatoms. The number of likely N-dealkylation sites (N-methyl/N-ethyl adjacent to an activating group) is 1. The van der Waals surface area contributed by atoms with E-state index in [1.807, 2.05) is 0 Å². The number of amides is 2. The van der Waals surface area contributed by atoms with Gasteiger partial charge in [0.25, 0.3) is 5.91 Å². The van der Waals surface area contributed by atoms with Gasteiger partial charge in [-0.15, -0.1) is 0 Å². The third-order valence-corrected chi connectivity index (χ3v) is 3.30. The molecule has 1 aromatic rings. The highest BCUT2D eigenvalue weighted by molar-refractivity contribution is 5.97. The zero-order valence-electron chi connectivity index (χ0n) is 10.7. The summed E-state index contributed by atoms with van der Waals surface area (Å²) in [7, 11) is 1.53. The molecule has 1 atom stereocenters. The predicted octanol–water partition coefficient (Wildman–Crippen LogP) is 0.961. The summed E-state index contributed by atoms with van der Waals surface area (Å²) in [6.45, 7) is 0.464. The molecule has 2 rings (SSSR count). The monoisotopic (exact) mass is 265 g/mol. The summed E-state index contributed by atoms with van der Waals surface area (Å²) in [6, 6.07) is 2.38. The fourth-order valence-electron chi connectivity index (χ4n) is 2.31. The number of rotatable bonds is 2. The van der Waals surface area contributed by atoms with Gasteiger partial charge in [0.1, 0.15) is 6.04 Å². The van der Waals surface area contributed by atoms with Gasteiger partial charge in [-0.3, -0.25) is 9.59 Å². The lowest BCUT2D eigenvalue weighted by molar-refractivity contribution is -0.126. The summed E-state index contributed by atoms with van der Waals surface area (Å²) in [5, 5.41) is 2.54. The maximum atomic E-state index is 13.5. The van der Waals surface area contributed by atoms with E-state index in [0.29, 0.717) is 13.0 Å². The molecule has 0 aliphatic carbocycles. The van der Waals surface area contributed by atoms with E-state index < -0.39 is 17.9 Å². The predicted molar refractivity (Wildman–Crippen MR) is 66.9 cm³/mol. The molecule has 2 amide bonds. The molecule has 0 spiro atoms. The summed E-state index contributed by atoms with van der Waals surface area (Å²) in [5.74, 6) is -1.48. The molecule has 0 saturated carbocycles. The lowest BCUT2D eigenvalue weighted by Crippen LogP contribution is -2.51. The van der Waals surface area contributed by atoms with Crippen molar-refractivity contribution in [2.24, 2.45) is 0 Å². The van der Waals surface area contributed by atoms with Crippen LogP contribution in [0.25, 0.3) is 0 Å². The molecule has 1 unspecified atom stereocenters. The molecule has 0 aromatic carbocycles. The van der Waals surface area contributed by atoms with Gasteiger partial charge in [0.2, 0.25) is 11.9 Å². The van der Waals surface area contributed by atoms with Gasteiger partial charge < -0.3 is 10.2 Å². The topological polar surface area (TPSA) is 62.3 Å². The van der Waals surface area contributed by atoms with Gasteiger partial charge in [0.05, 0.1) is 5.56 Å². The van der Waals surface area contributed by atoms with Gasteiger partial charge in [0.15, 0.2) is 0 Å². The molecule has 1 saturated heterocycles. The third kappa shape index (κ3) is 2.72. The summed E-state index contributed by atoms with van der Waals surface area (Å²) in [6.07, 6.45) is 3.60. The van der Waals surface area contributed by atoms with E-state index >= 15 is 0 Å². The molecule has 1 N–H and O–H groups in total. The van der Waals surface area contributed by atoms with E-state index in [1.54, 1.807) is 0 Å². The van der Waals surface area contributed by atoms with Crippen molar-refractivity contribution in [3.05, 3.63) is 29.8 Å². The average molecular weight is 265 g/mol. The highest BCUT2D eigenvalue weighted by Gasteiger charge is 2.33. The number of pyridine rings is 1. The Bertz CT molecular complexity index is 493. The summed E-state index contributed by atoms with van der Waals surface area (Å²) < 4.78 is 13.5. The maximum absolute atomic E-state index is 13.5. The van der Waals surface area contributed by atoms with Crippen molar-refractivity contribution in [3.8, 4) is 0 Å². The first-order valence-electron chi connectivity index (χ1n) is 6.28. The molecule has 1 aliphatic rings. The van der Waals surface area contributed by atoms with Crippen molar-refractivity contribution in [2.45, 2.75) is 25.3 Å². The summed E-state index contributed by atoms with van der Waals surface area (Å²) in [5.41, 5.74) is -0.0849. The quantitative estimate of drug-likeness (QED) is 0.810. The van der Waals surface area contributed by atoms with Crippen LogP contribution in [0.15, 0.2) is 18.3 Å². The first-order valence-corrected chi connectivity index (χ1v) is 6.28. The minimum atomic E-state index is -0.797. The van der Waals surface area contributed by atoms with Crippen molar-refractivity contribution in [3.63, 3.8) is 0 Å². The Balaban J connectivity index is 2.25. The molecule has 2 heterocycles. The van der Waals surface area contributed by atoms with Crippen LogP contribution < -0.4 is 5.32 Å². The lowest BCUT2D eigenvalue weighted by atomic mass is 10.0. The van der Waals surface area contributed by atoms with Gasteiger partial charge in [-0.2, -0.15) is 4.39 Å². The maximum Gasteiger partial charge on any atom is 0.259 e. The highest BCUT2D eigenvalue weighted by atomic mass is 19.1. The van der Waals surface area contributed by atoms with Gasteiger partial charge in [0, 0.05) is 19.8 Å². The Hall–Kier alpha value is -1.98. The number of carbonyl (C=O) groups excluding carboxylic acids is 2. The van der Waals surface area contributed by atoms with Crippen LogP contribution in [0.4, 0.5) is 4.39 Å². The van der Waals surface area contributed by atoms with Crippen molar-refractivity contribution in [2.75, 3.05) is 13.6 Å². The van der Waals surface area contributed by atoms with Crippen LogP contribution in [0.3, 0.4) is 0 Å². The van der Waals surface area contributed by atoms with E-state index in [-0.39, 0.29) is 11.5 Å². The molecule has 19 heavy (non-hydrogen) atoms. The summed E-state index contributed by atoms with van der Waals surface area (Å²) >= 11 is 0. The first kappa shape index (κ1) is 13.5. The van der Waals surface area contributed by atoms with Crippen molar-refractivity contribution < 1.29 is 14.0 Å². The largest absolute Gasteiger partial charge is 0.357 e. The standard InChI is InChI=1S/C13H16FN3O2/c1-15-12(18)10-6-2-3-8-17(10)13(19)9-5-4-7-16-11(9)14/h4-5,7,10H,2-3,6,8H2,1H3,(H,15,18). The molecule has 0 radical (unpaired) electrons. The van der Waals surface area contributed by atoms with E-state index in [2.05, 4.69) is 10.3 Å². The SMILES string of the molecule is CNC(=O)C1CCCCN1C(=O)c1cccnc1F. The Kier molecular flexibility index (Phi) is 4.09. The lowest BCUT2D eigenvalue weighted by Gasteiger charge is -2.34. The second-order valence-corrected chi connectivity index (χ2v) is 4.47. The third-order valence-electron chi connectivity index (χ3n) is 3.30. The molecule has 0 bridgehead atoms. The zero-order chi connectivity index (χ0) is 13.8. The second-order valence-electron chi connectivity index (χ2n) is 4.47. The number of carbonyl (C=O) groups is 2. The minimum Gasteiger partial charge on any atom is -0.357 e. The van der Waals surface area contributed by atoms with Gasteiger partial charge in [-0.25, -0.2) is 4.98 Å². The number of nitrogens with one attached hydrogen (secondary N) is 1. The Labute approximate surface area is 110 Å². The number of nitrogens with zero attached hydrogens (tertiary/aromatic N) is 2. The van der Waals surface area contributed by atoms with Gasteiger partial charge in [-0.05, 0) is 31.4 Å². The van der Waals surface area contributed by atoms with Crippen LogP contribution in [0, 0.1) is 5.95 Å². The number of aromatic nitrogens is 1. The average Bonchev–Trinajstić information content (AvgIpc) is 2.46. The Morgan fingerprint density at radius 2 is 2.26 bits per heavy atom. The van der Waals surface area contributed by atoms with Crippen molar-refractivity contribution in [1.29, 1.82) is 0 Å². The van der Waals surface area contributed by atoms with E-state index in [4.69, 9.17) is 0 Å². The van der Waals surface area contributed by atoms with Crippen LogP contribution >= 0.6 is 0 Å². The molecule has 5 nitrogen and oxygen atoms in total. The van der Waals surface area contributed by atoms with Crippen LogP contribution in [-0.4, -0.2) is 41.3 Å². The molecule has 1 aromatic heterocycles. The zero-order valence-corrected chi connectivity index (χ0v) is 10.7.